The summed E-state index contributed by atoms with van der Waals surface area (Å²) in [5, 5.41) is 0.477. The van der Waals surface area contributed by atoms with Crippen LogP contribution >= 0.6 is 23.4 Å². The number of aromatic nitrogens is 2. The van der Waals surface area contributed by atoms with Crippen LogP contribution in [0.5, 0.6) is 5.75 Å². The molecule has 0 bridgehead atoms. The van der Waals surface area contributed by atoms with Crippen LogP contribution in [0.3, 0.4) is 0 Å². The number of ether oxygens (including phenoxy) is 1. The monoisotopic (exact) mass is 721 g/mol. The molecule has 0 aliphatic heterocycles. The van der Waals surface area contributed by atoms with Crippen molar-refractivity contribution in [1.29, 1.82) is 0 Å². The first kappa shape index (κ1) is 36.3. The summed E-state index contributed by atoms with van der Waals surface area (Å²) in [6.07, 6.45) is 3.92. The van der Waals surface area contributed by atoms with Gasteiger partial charge in [0.25, 0.3) is 0 Å². The van der Waals surface area contributed by atoms with Gasteiger partial charge in [-0.3, -0.25) is 4.57 Å². The van der Waals surface area contributed by atoms with Gasteiger partial charge in [0.2, 0.25) is 10.0 Å². The Balaban J connectivity index is 1.45. The van der Waals surface area contributed by atoms with Crippen LogP contribution < -0.4 is 4.74 Å². The molecule has 0 saturated heterocycles. The van der Waals surface area contributed by atoms with Crippen molar-refractivity contribution in [3.05, 3.63) is 100 Å². The number of benzene rings is 3. The van der Waals surface area contributed by atoms with Crippen LogP contribution in [-0.2, 0) is 21.2 Å². The number of hydrogen-bond donors (Lipinski definition) is 0. The fourth-order valence-corrected chi connectivity index (χ4v) is 8.82. The van der Waals surface area contributed by atoms with Crippen molar-refractivity contribution in [2.45, 2.75) is 60.4 Å². The molecule has 1 aliphatic carbocycles. The van der Waals surface area contributed by atoms with Gasteiger partial charge in [-0.1, -0.05) is 43.3 Å². The van der Waals surface area contributed by atoms with Gasteiger partial charge >= 0.3 is 0 Å². The van der Waals surface area contributed by atoms with Crippen molar-refractivity contribution in [1.82, 2.24) is 13.9 Å². The molecule has 48 heavy (non-hydrogen) atoms. The Hall–Kier alpha value is -3.03. The summed E-state index contributed by atoms with van der Waals surface area (Å²) in [6.45, 7) is 5.06. The molecule has 1 aliphatic rings. The third-order valence-electron chi connectivity index (χ3n) is 8.56. The van der Waals surface area contributed by atoms with Gasteiger partial charge in [0, 0.05) is 46.4 Å². The average molecular weight is 722 g/mol. The summed E-state index contributed by atoms with van der Waals surface area (Å²) in [5.74, 6) is -1.48. The zero-order valence-electron chi connectivity index (χ0n) is 27.9. The molecule has 7 nitrogen and oxygen atoms in total. The van der Waals surface area contributed by atoms with Crippen LogP contribution in [0.25, 0.3) is 5.69 Å². The van der Waals surface area contributed by atoms with Gasteiger partial charge < -0.3 is 9.22 Å². The van der Waals surface area contributed by atoms with Crippen molar-refractivity contribution in [2.24, 2.45) is 0 Å². The summed E-state index contributed by atoms with van der Waals surface area (Å²) in [6, 6.07) is 12.8. The SMILES string of the molecule is COc1cc(C(C)(C)c2cnc(SCc3c(F)cc(S(=O)(=O)N(CCC[N+](C)(C)C)C4CC4)cc3Cl)n2-c2ccc(F)cc2)ccc1F. The van der Waals surface area contributed by atoms with E-state index in [9.17, 15) is 17.2 Å². The van der Waals surface area contributed by atoms with Gasteiger partial charge in [-0.25, -0.2) is 26.6 Å². The molecule has 0 amide bonds. The summed E-state index contributed by atoms with van der Waals surface area (Å²) in [5.41, 5.74) is 1.50. The number of sulfonamides is 1. The minimum atomic E-state index is -3.96. The maximum absolute atomic E-state index is 15.7. The lowest BCUT2D eigenvalue weighted by atomic mass is 9.81. The number of rotatable bonds is 14. The number of imidazole rings is 1. The third kappa shape index (κ3) is 7.89. The normalized spacial score (nSPS) is 14.1. The topological polar surface area (TPSA) is 64.4 Å². The summed E-state index contributed by atoms with van der Waals surface area (Å²) >= 11 is 7.80. The van der Waals surface area contributed by atoms with E-state index < -0.39 is 32.9 Å². The zero-order valence-corrected chi connectivity index (χ0v) is 30.3. The largest absolute Gasteiger partial charge is 0.494 e. The minimum Gasteiger partial charge on any atom is -0.494 e. The standard InChI is InChI=1S/C35H41ClF3N4O3S2/c1-35(2,23-8-15-30(38)32(18-23)46-6)33-21-40-34(42(33)26-11-9-24(37)10-12-26)47-22-28-29(36)19-27(20-31(28)39)48(44,45)41(25-13-14-25)16-7-17-43(3,4)5/h8-12,15,18-21,25H,7,13-14,16-17,22H2,1-6H3/q+1. The number of methoxy groups -OCH3 is 1. The first-order valence-electron chi connectivity index (χ1n) is 15.6. The molecule has 13 heteroatoms. The first-order valence-corrected chi connectivity index (χ1v) is 18.4. The number of halogens is 4. The Morgan fingerprint density at radius 3 is 2.33 bits per heavy atom. The first-order chi connectivity index (χ1) is 22.5. The molecule has 0 atom stereocenters. The van der Waals surface area contributed by atoms with Crippen LogP contribution in [-0.4, -0.2) is 74.1 Å². The minimum absolute atomic E-state index is 0.00188. The lowest BCUT2D eigenvalue weighted by molar-refractivity contribution is -0.870. The van der Waals surface area contributed by atoms with Crippen LogP contribution in [0.4, 0.5) is 13.2 Å². The van der Waals surface area contributed by atoms with Crippen molar-refractivity contribution in [3.63, 3.8) is 0 Å². The number of thioether (sulfide) groups is 1. The lowest BCUT2D eigenvalue weighted by Gasteiger charge is -2.28. The van der Waals surface area contributed by atoms with Gasteiger partial charge in [0.15, 0.2) is 16.7 Å². The van der Waals surface area contributed by atoms with Crippen LogP contribution in [0.1, 0.15) is 49.9 Å². The van der Waals surface area contributed by atoms with E-state index in [4.69, 9.17) is 16.3 Å². The van der Waals surface area contributed by atoms with Crippen molar-refractivity contribution in [3.8, 4) is 11.4 Å². The van der Waals surface area contributed by atoms with E-state index in [0.717, 1.165) is 31.0 Å². The molecule has 1 aromatic heterocycles. The number of hydrogen-bond acceptors (Lipinski definition) is 5. The quantitative estimate of drug-likeness (QED) is 0.0982. The number of nitrogens with zero attached hydrogens (tertiary/aromatic N) is 4. The van der Waals surface area contributed by atoms with Crippen molar-refractivity contribution in [2.75, 3.05) is 41.3 Å². The Morgan fingerprint density at radius 1 is 1.04 bits per heavy atom. The Bertz CT molecular complexity index is 1870. The predicted molar refractivity (Wildman–Crippen MR) is 184 cm³/mol. The maximum atomic E-state index is 15.7. The van der Waals surface area contributed by atoms with E-state index in [0.29, 0.717) is 34.0 Å². The van der Waals surface area contributed by atoms with Gasteiger partial charge in [-0.05, 0) is 66.9 Å². The highest BCUT2D eigenvalue weighted by Crippen LogP contribution is 2.40. The second-order valence-electron chi connectivity index (χ2n) is 13.6. The molecule has 0 spiro atoms. The molecular weight excluding hydrogens is 681 g/mol. The second kappa shape index (κ2) is 14.1. The summed E-state index contributed by atoms with van der Waals surface area (Å²) in [7, 11) is 3.60. The molecule has 5 rings (SSSR count). The van der Waals surface area contributed by atoms with Gasteiger partial charge in [-0.15, -0.1) is 0 Å². The molecule has 0 N–H and O–H groups in total. The van der Waals surface area contributed by atoms with Crippen LogP contribution in [0.15, 0.2) is 70.8 Å². The Morgan fingerprint density at radius 2 is 1.73 bits per heavy atom. The molecular formula is C35H41ClF3N4O3S2+. The molecule has 4 aromatic rings. The predicted octanol–water partition coefficient (Wildman–Crippen LogP) is 7.82. The average Bonchev–Trinajstić information content (AvgIpc) is 3.76. The Kier molecular flexibility index (Phi) is 10.6. The van der Waals surface area contributed by atoms with E-state index in [1.54, 1.807) is 30.5 Å². The molecule has 3 aromatic carbocycles. The molecule has 1 heterocycles. The summed E-state index contributed by atoms with van der Waals surface area (Å²) in [4.78, 5) is 4.49. The Labute approximate surface area is 290 Å². The van der Waals surface area contributed by atoms with E-state index in [1.807, 2.05) is 18.4 Å². The van der Waals surface area contributed by atoms with E-state index >= 15 is 4.39 Å². The van der Waals surface area contributed by atoms with Gasteiger partial charge in [-0.2, -0.15) is 4.31 Å². The molecule has 1 fully saturated rings. The fourth-order valence-electron chi connectivity index (χ4n) is 5.61. The van der Waals surface area contributed by atoms with Crippen LogP contribution in [0, 0.1) is 17.5 Å². The number of quaternary nitrogens is 1. The molecule has 1 saturated carbocycles. The van der Waals surface area contributed by atoms with Gasteiger partial charge in [0.1, 0.15) is 11.6 Å². The van der Waals surface area contributed by atoms with Crippen molar-refractivity contribution < 1.29 is 30.8 Å². The van der Waals surface area contributed by atoms with E-state index in [-0.39, 0.29) is 33.0 Å². The fraction of sp³-hybridized carbons (Fsp3) is 0.400. The van der Waals surface area contributed by atoms with Crippen LogP contribution in [0.2, 0.25) is 5.02 Å². The highest BCUT2D eigenvalue weighted by molar-refractivity contribution is 7.98. The summed E-state index contributed by atoms with van der Waals surface area (Å²) < 4.78 is 80.6. The molecule has 0 unspecified atom stereocenters. The maximum Gasteiger partial charge on any atom is 0.243 e. The van der Waals surface area contributed by atoms with E-state index in [2.05, 4.69) is 26.1 Å². The highest BCUT2D eigenvalue weighted by atomic mass is 35.5. The zero-order chi connectivity index (χ0) is 35.0. The molecule has 0 radical (unpaired) electrons. The van der Waals surface area contributed by atoms with Crippen molar-refractivity contribution >= 4 is 33.4 Å². The van der Waals surface area contributed by atoms with Gasteiger partial charge in [0.05, 0.1) is 51.6 Å². The third-order valence-corrected chi connectivity index (χ3v) is 11.8. The smallest absolute Gasteiger partial charge is 0.243 e. The highest BCUT2D eigenvalue weighted by Gasteiger charge is 2.38. The van der Waals surface area contributed by atoms with E-state index in [1.165, 1.54) is 47.4 Å². The lowest BCUT2D eigenvalue weighted by Crippen LogP contribution is -2.39. The second-order valence-corrected chi connectivity index (χ2v) is 16.8. The molecule has 258 valence electrons.